The van der Waals surface area contributed by atoms with E-state index in [1.165, 1.54) is 25.5 Å². The van der Waals surface area contributed by atoms with Gasteiger partial charge in [0.05, 0.1) is 29.0 Å². The molecule has 4 N–H and O–H groups in total. The second-order valence-electron chi connectivity index (χ2n) is 7.85. The number of H-pyrrole nitrogens is 1. The van der Waals surface area contributed by atoms with E-state index in [1.807, 2.05) is 30.3 Å². The van der Waals surface area contributed by atoms with Gasteiger partial charge in [-0.15, -0.1) is 0 Å². The zero-order valence-electron chi connectivity index (χ0n) is 16.8. The van der Waals surface area contributed by atoms with Gasteiger partial charge in [-0.1, -0.05) is 49.6 Å². The number of anilines is 2. The average Bonchev–Trinajstić information content (AvgIpc) is 3.27. The van der Waals surface area contributed by atoms with Gasteiger partial charge < -0.3 is 16.0 Å². The number of aromatic amines is 1. The summed E-state index contributed by atoms with van der Waals surface area (Å²) < 4.78 is 0. The maximum Gasteiger partial charge on any atom is 0.314 e. The Morgan fingerprint density at radius 3 is 2.67 bits per heavy atom. The number of pyridine rings is 1. The molecule has 0 bridgehead atoms. The summed E-state index contributed by atoms with van der Waals surface area (Å²) in [6.45, 7) is 0.990. The van der Waals surface area contributed by atoms with E-state index in [-0.39, 0.29) is 0 Å². The smallest absolute Gasteiger partial charge is 0.314 e. The van der Waals surface area contributed by atoms with Gasteiger partial charge in [-0.2, -0.15) is 5.10 Å². The number of nitrogens with two attached hydrogens (primary N) is 1. The molecule has 0 aliphatic heterocycles. The van der Waals surface area contributed by atoms with Crippen molar-refractivity contribution < 1.29 is 9.59 Å². The molecule has 0 radical (unpaired) electrons. The molecule has 8 nitrogen and oxygen atoms in total. The number of hydrogen-bond donors (Lipinski definition) is 3. The molecule has 2 amide bonds. The topological polar surface area (TPSA) is 117 Å². The molecule has 3 aromatic rings. The van der Waals surface area contributed by atoms with E-state index < -0.39 is 11.8 Å². The number of carbonyl (C=O) groups is 2. The Balaban J connectivity index is 1.52. The van der Waals surface area contributed by atoms with E-state index in [1.54, 1.807) is 11.1 Å². The van der Waals surface area contributed by atoms with E-state index >= 15 is 0 Å². The van der Waals surface area contributed by atoms with E-state index in [2.05, 4.69) is 20.5 Å². The fourth-order valence-corrected chi connectivity index (χ4v) is 4.07. The van der Waals surface area contributed by atoms with Crippen LogP contribution in [0.3, 0.4) is 0 Å². The molecule has 1 saturated carbocycles. The molecule has 1 aromatic carbocycles. The van der Waals surface area contributed by atoms with Crippen LogP contribution in [0.1, 0.15) is 37.7 Å². The first-order chi connectivity index (χ1) is 14.6. The highest BCUT2D eigenvalue weighted by atomic mass is 16.2. The minimum atomic E-state index is -0.691. The van der Waals surface area contributed by atoms with Crippen molar-refractivity contribution in [2.45, 2.75) is 38.6 Å². The van der Waals surface area contributed by atoms with Crippen molar-refractivity contribution in [3.05, 3.63) is 48.3 Å². The number of nitrogen functional groups attached to an aromatic ring is 1. The summed E-state index contributed by atoms with van der Waals surface area (Å²) >= 11 is 0. The maximum atomic E-state index is 13.1. The quantitative estimate of drug-likeness (QED) is 0.563. The molecule has 30 heavy (non-hydrogen) atoms. The standard InChI is InChI=1S/C22H26N6O2/c23-20-17-11-25-27-19(17)18(12-24-20)26-21(29)22(30)28(13-15-7-3-1-4-8-15)14-16-9-5-2-6-10-16/h1,3-4,7-8,11-12,16H,2,5-6,9-10,13-14H2,(H2,23,24)(H,25,27)(H,26,29). The molecule has 156 valence electrons. The highest BCUT2D eigenvalue weighted by Gasteiger charge is 2.26. The van der Waals surface area contributed by atoms with Crippen LogP contribution in [-0.2, 0) is 16.1 Å². The molecule has 0 saturated heterocycles. The van der Waals surface area contributed by atoms with Gasteiger partial charge >= 0.3 is 11.8 Å². The molecule has 0 atom stereocenters. The van der Waals surface area contributed by atoms with E-state index in [0.717, 1.165) is 18.4 Å². The molecule has 1 fully saturated rings. The Hall–Kier alpha value is -3.42. The summed E-state index contributed by atoms with van der Waals surface area (Å²) in [5.74, 6) is -0.499. The highest BCUT2D eigenvalue weighted by Crippen LogP contribution is 2.26. The molecular weight excluding hydrogens is 380 g/mol. The lowest BCUT2D eigenvalue weighted by molar-refractivity contribution is -0.144. The van der Waals surface area contributed by atoms with E-state index in [9.17, 15) is 9.59 Å². The van der Waals surface area contributed by atoms with Crippen LogP contribution in [0.5, 0.6) is 0 Å². The lowest BCUT2D eigenvalue weighted by Crippen LogP contribution is -2.42. The molecule has 1 aliphatic rings. The van der Waals surface area contributed by atoms with Crippen LogP contribution in [0.4, 0.5) is 11.5 Å². The van der Waals surface area contributed by atoms with Crippen molar-refractivity contribution in [3.63, 3.8) is 0 Å². The maximum absolute atomic E-state index is 13.1. The van der Waals surface area contributed by atoms with Crippen molar-refractivity contribution in [3.8, 4) is 0 Å². The van der Waals surface area contributed by atoms with Crippen LogP contribution in [-0.4, -0.2) is 38.4 Å². The third kappa shape index (κ3) is 4.42. The summed E-state index contributed by atoms with van der Waals surface area (Å²) in [4.78, 5) is 31.7. The Morgan fingerprint density at radius 1 is 1.13 bits per heavy atom. The average molecular weight is 406 g/mol. The van der Waals surface area contributed by atoms with Crippen molar-refractivity contribution in [2.75, 3.05) is 17.6 Å². The SMILES string of the molecule is Nc1ncc(NC(=O)C(=O)N(Cc2ccccc2)CC2CCCCC2)c2[nH]ncc12. The molecule has 2 aromatic heterocycles. The Kier molecular flexibility index (Phi) is 5.92. The first-order valence-corrected chi connectivity index (χ1v) is 10.3. The van der Waals surface area contributed by atoms with E-state index in [4.69, 9.17) is 5.73 Å². The van der Waals surface area contributed by atoms with Crippen molar-refractivity contribution >= 4 is 34.2 Å². The number of aromatic nitrogens is 3. The van der Waals surface area contributed by atoms with Crippen molar-refractivity contribution in [1.82, 2.24) is 20.1 Å². The Bertz CT molecular complexity index is 1030. The zero-order valence-corrected chi connectivity index (χ0v) is 16.8. The van der Waals surface area contributed by atoms with Crippen LogP contribution in [0.2, 0.25) is 0 Å². The molecule has 2 heterocycles. The van der Waals surface area contributed by atoms with Crippen molar-refractivity contribution in [1.29, 1.82) is 0 Å². The monoisotopic (exact) mass is 406 g/mol. The van der Waals surface area contributed by atoms with Gasteiger partial charge in [0, 0.05) is 13.1 Å². The summed E-state index contributed by atoms with van der Waals surface area (Å²) in [6.07, 6.45) is 8.77. The summed E-state index contributed by atoms with van der Waals surface area (Å²) in [5, 5.41) is 10.0. The van der Waals surface area contributed by atoms with Gasteiger partial charge in [-0.05, 0) is 24.3 Å². The van der Waals surface area contributed by atoms with Gasteiger partial charge in [-0.25, -0.2) is 4.98 Å². The number of rotatable bonds is 5. The Labute approximate surface area is 174 Å². The van der Waals surface area contributed by atoms with Gasteiger partial charge in [0.15, 0.2) is 0 Å². The van der Waals surface area contributed by atoms with Gasteiger partial charge in [0.1, 0.15) is 5.82 Å². The number of carbonyl (C=O) groups excluding carboxylic acids is 2. The molecule has 0 unspecified atom stereocenters. The fourth-order valence-electron chi connectivity index (χ4n) is 4.07. The highest BCUT2D eigenvalue weighted by molar-refractivity contribution is 6.40. The lowest BCUT2D eigenvalue weighted by atomic mass is 9.89. The normalized spacial score (nSPS) is 14.5. The third-order valence-corrected chi connectivity index (χ3v) is 5.67. The minimum absolute atomic E-state index is 0.311. The number of amides is 2. The first-order valence-electron chi connectivity index (χ1n) is 10.3. The number of fused-ring (bicyclic) bond motifs is 1. The minimum Gasteiger partial charge on any atom is -0.383 e. The second-order valence-corrected chi connectivity index (χ2v) is 7.85. The number of benzene rings is 1. The van der Waals surface area contributed by atoms with Crippen LogP contribution in [0.15, 0.2) is 42.7 Å². The molecule has 4 rings (SSSR count). The van der Waals surface area contributed by atoms with Crippen LogP contribution in [0.25, 0.3) is 10.9 Å². The molecule has 8 heteroatoms. The summed E-state index contributed by atoms with van der Waals surface area (Å²) in [6, 6.07) is 9.75. The summed E-state index contributed by atoms with van der Waals surface area (Å²) in [7, 11) is 0. The third-order valence-electron chi connectivity index (χ3n) is 5.67. The fraction of sp³-hybridized carbons (Fsp3) is 0.364. The largest absolute Gasteiger partial charge is 0.383 e. The van der Waals surface area contributed by atoms with Gasteiger partial charge in [0.25, 0.3) is 0 Å². The van der Waals surface area contributed by atoms with Crippen molar-refractivity contribution in [2.24, 2.45) is 5.92 Å². The predicted octanol–water partition coefficient (Wildman–Crippen LogP) is 3.09. The second kappa shape index (κ2) is 8.94. The Morgan fingerprint density at radius 2 is 1.90 bits per heavy atom. The van der Waals surface area contributed by atoms with E-state index in [0.29, 0.717) is 41.4 Å². The molecule has 1 aliphatic carbocycles. The lowest BCUT2D eigenvalue weighted by Gasteiger charge is -2.29. The zero-order chi connectivity index (χ0) is 20.9. The van der Waals surface area contributed by atoms with Crippen LogP contribution in [0, 0.1) is 5.92 Å². The number of nitrogens with zero attached hydrogens (tertiary/aromatic N) is 3. The van der Waals surface area contributed by atoms with Gasteiger partial charge in [-0.3, -0.25) is 14.7 Å². The first kappa shape index (κ1) is 19.9. The molecule has 0 spiro atoms. The number of nitrogens with one attached hydrogen (secondary N) is 2. The van der Waals surface area contributed by atoms with Gasteiger partial charge in [0.2, 0.25) is 0 Å². The molecular formula is C22H26N6O2. The number of hydrogen-bond acceptors (Lipinski definition) is 5. The summed E-state index contributed by atoms with van der Waals surface area (Å²) in [5.41, 5.74) is 7.77. The van der Waals surface area contributed by atoms with Crippen LogP contribution >= 0.6 is 0 Å². The van der Waals surface area contributed by atoms with Crippen LogP contribution < -0.4 is 11.1 Å². The predicted molar refractivity (Wildman–Crippen MR) is 115 cm³/mol.